The first kappa shape index (κ1) is 85.3. The molecule has 22 atom stereocenters. The number of carbonyl (C=O) groups is 2. The van der Waals surface area contributed by atoms with Gasteiger partial charge in [-0.05, 0) is 19.3 Å². The fourth-order valence-electron chi connectivity index (χ4n) is 13.1. The molecule has 4 aliphatic heterocycles. The monoisotopic (exact) mass is 1370 g/mol. The fourth-order valence-corrected chi connectivity index (χ4v) is 13.1. The van der Waals surface area contributed by atoms with Gasteiger partial charge in [-0.1, -0.05) is 231 Å². The van der Waals surface area contributed by atoms with Gasteiger partial charge in [0.2, 0.25) is 11.8 Å². The molecule has 95 heavy (non-hydrogen) atoms. The summed E-state index contributed by atoms with van der Waals surface area (Å²) < 4.78 is 46.7. The summed E-state index contributed by atoms with van der Waals surface area (Å²) in [5.74, 6) is -1.07. The minimum Gasteiger partial charge on any atom is -0.394 e. The van der Waals surface area contributed by atoms with Crippen molar-refractivity contribution in [2.24, 2.45) is 0 Å². The topological polar surface area (TPSA) is 395 Å². The van der Waals surface area contributed by atoms with Gasteiger partial charge in [0, 0.05) is 13.3 Å². The summed E-state index contributed by atoms with van der Waals surface area (Å²) >= 11 is 0. The van der Waals surface area contributed by atoms with E-state index >= 15 is 0 Å². The zero-order chi connectivity index (χ0) is 69.3. The van der Waals surface area contributed by atoms with Gasteiger partial charge in [-0.25, -0.2) is 0 Å². The Kier molecular flexibility index (Phi) is 45.1. The Morgan fingerprint density at radius 3 is 1.22 bits per heavy atom. The molecule has 4 rings (SSSR count). The van der Waals surface area contributed by atoms with Crippen LogP contribution < -0.4 is 10.6 Å². The van der Waals surface area contributed by atoms with Crippen molar-refractivity contribution in [3.8, 4) is 0 Å². The first-order valence-corrected chi connectivity index (χ1v) is 36.9. The van der Waals surface area contributed by atoms with Crippen LogP contribution in [-0.2, 0) is 47.5 Å². The summed E-state index contributed by atoms with van der Waals surface area (Å²) in [5.41, 5.74) is 0. The standard InChI is InChI=1S/C70H130N2O23/c1-4-6-8-10-12-14-16-18-19-20-21-22-23-24-25-26-27-29-31-33-35-37-39-41-54(79)72-48(49(78)40-38-36-34-32-30-28-17-15-13-11-9-7-5-2)46-88-68-62(86)60(84)65(53(45-76)92-68)94-70-63(87)66(57(81)51(43-74)90-70)95-67-55(71-47(3)77)58(82)64(52(44-75)91-67)93-69-61(85)59(83)56(80)50(42-73)89-69/h38,40,48-53,55-70,73-76,78,80-87H,4-37,39,41-46H2,1-3H3,(H,71,77)(H,72,79)/b40-38+/t48-,49+,50?,51?,52?,53?,55?,56-,57-,58+,59-,60+,61?,62?,63?,64+,65+,66-,67-,68+,69-,70-/m0/s1. The van der Waals surface area contributed by atoms with Crippen molar-refractivity contribution in [2.75, 3.05) is 33.0 Å². The number of hydrogen-bond acceptors (Lipinski definition) is 23. The summed E-state index contributed by atoms with van der Waals surface area (Å²) in [6, 6.07) is -2.68. The van der Waals surface area contributed by atoms with Crippen molar-refractivity contribution in [1.82, 2.24) is 10.6 Å². The predicted molar refractivity (Wildman–Crippen MR) is 354 cm³/mol. The summed E-state index contributed by atoms with van der Waals surface area (Å²) in [5, 5.41) is 147. The van der Waals surface area contributed by atoms with E-state index in [2.05, 4.69) is 24.5 Å². The Morgan fingerprint density at radius 1 is 0.411 bits per heavy atom. The van der Waals surface area contributed by atoms with Gasteiger partial charge in [0.15, 0.2) is 25.2 Å². The van der Waals surface area contributed by atoms with E-state index in [1.165, 1.54) is 167 Å². The molecule has 4 aliphatic rings. The molecule has 0 radical (unpaired) electrons. The molecule has 25 nitrogen and oxygen atoms in total. The summed E-state index contributed by atoms with van der Waals surface area (Å²) in [4.78, 5) is 26.0. The van der Waals surface area contributed by atoms with Crippen molar-refractivity contribution >= 4 is 11.8 Å². The number of ether oxygens (including phenoxy) is 8. The molecule has 4 saturated heterocycles. The molecule has 15 N–H and O–H groups in total. The molecule has 4 fully saturated rings. The number of aliphatic hydroxyl groups is 13. The fraction of sp³-hybridized carbons (Fsp3) is 0.943. The zero-order valence-electron chi connectivity index (χ0n) is 57.7. The lowest BCUT2D eigenvalue weighted by Crippen LogP contribution is -2.69. The van der Waals surface area contributed by atoms with Crippen molar-refractivity contribution in [3.63, 3.8) is 0 Å². The van der Waals surface area contributed by atoms with E-state index in [1.807, 2.05) is 6.08 Å². The maximum absolute atomic E-state index is 13.5. The number of allylic oxidation sites excluding steroid dienone is 1. The van der Waals surface area contributed by atoms with E-state index in [4.69, 9.17) is 37.9 Å². The summed E-state index contributed by atoms with van der Waals surface area (Å²) in [6.45, 7) is 1.62. The van der Waals surface area contributed by atoms with Crippen LogP contribution in [0.4, 0.5) is 0 Å². The first-order chi connectivity index (χ1) is 46.0. The number of amides is 2. The summed E-state index contributed by atoms with van der Waals surface area (Å²) in [6.07, 6.45) is 11.3. The van der Waals surface area contributed by atoms with Crippen molar-refractivity contribution in [3.05, 3.63) is 12.2 Å². The van der Waals surface area contributed by atoms with Crippen LogP contribution in [-0.4, -0.2) is 246 Å². The minimum atomic E-state index is -2.09. The lowest BCUT2D eigenvalue weighted by molar-refractivity contribution is -0.381. The predicted octanol–water partition coefficient (Wildman–Crippen LogP) is 4.90. The molecule has 0 spiro atoms. The van der Waals surface area contributed by atoms with Crippen molar-refractivity contribution in [2.45, 2.75) is 387 Å². The molecule has 0 saturated carbocycles. The Balaban J connectivity index is 1.30. The molecule has 0 aliphatic carbocycles. The normalized spacial score (nSPS) is 32.0. The molecule has 0 aromatic rings. The highest BCUT2D eigenvalue weighted by Gasteiger charge is 2.56. The second-order valence-corrected chi connectivity index (χ2v) is 27.1. The van der Waals surface area contributed by atoms with Gasteiger partial charge in [-0.2, -0.15) is 0 Å². The van der Waals surface area contributed by atoms with Crippen LogP contribution in [0.15, 0.2) is 12.2 Å². The third-order valence-corrected chi connectivity index (χ3v) is 19.1. The molecule has 2 amide bonds. The average Bonchev–Trinajstić information content (AvgIpc) is 0.779. The van der Waals surface area contributed by atoms with Gasteiger partial charge >= 0.3 is 0 Å². The third-order valence-electron chi connectivity index (χ3n) is 19.1. The molecule has 25 heteroatoms. The number of nitrogens with one attached hydrogen (secondary N) is 2. The average molecular weight is 1370 g/mol. The van der Waals surface area contributed by atoms with Crippen LogP contribution >= 0.6 is 0 Å². The Labute approximate surface area is 566 Å². The smallest absolute Gasteiger partial charge is 0.220 e. The second-order valence-electron chi connectivity index (χ2n) is 27.1. The van der Waals surface area contributed by atoms with Crippen molar-refractivity contribution in [1.29, 1.82) is 0 Å². The van der Waals surface area contributed by atoms with Gasteiger partial charge in [0.1, 0.15) is 97.6 Å². The molecule has 8 unspecified atom stereocenters. The lowest BCUT2D eigenvalue weighted by Gasteiger charge is -2.50. The highest BCUT2D eigenvalue weighted by atomic mass is 16.8. The quantitative estimate of drug-likeness (QED) is 0.0284. The number of carbonyl (C=O) groups excluding carboxylic acids is 2. The SMILES string of the molecule is CCCCCCCCCCCCC/C=C/[C@@H](O)[C@H](CO[C@@H]1OC(CO)[C@@H](O[C@@H]2OC(CO)[C@H](O)[C@H](O[C@@H]3OC(CO)[C@@H](O[C@@H]4OC(CO)[C@H](O)[C@H](O)C4O)[C@H](O)C3NC(C)=O)C2O)[C@H](O)C1O)NC(=O)CCCCCCCCCCCCCCCCCCCCCCCCC. The highest BCUT2D eigenvalue weighted by molar-refractivity contribution is 5.76. The third kappa shape index (κ3) is 30.9. The van der Waals surface area contributed by atoms with Crippen LogP contribution in [0.3, 0.4) is 0 Å². The van der Waals surface area contributed by atoms with Gasteiger partial charge in [0.25, 0.3) is 0 Å². The van der Waals surface area contributed by atoms with E-state index in [0.717, 1.165) is 51.9 Å². The highest BCUT2D eigenvalue weighted by Crippen LogP contribution is 2.35. The first-order valence-electron chi connectivity index (χ1n) is 36.9. The number of aliphatic hydroxyl groups excluding tert-OH is 13. The maximum Gasteiger partial charge on any atom is 0.220 e. The van der Waals surface area contributed by atoms with Crippen LogP contribution in [0.5, 0.6) is 0 Å². The van der Waals surface area contributed by atoms with Gasteiger partial charge in [0.05, 0.1) is 45.2 Å². The molecule has 4 heterocycles. The molecule has 0 bridgehead atoms. The van der Waals surface area contributed by atoms with Crippen LogP contribution in [0.1, 0.15) is 252 Å². The Hall–Kier alpha value is -2.16. The van der Waals surface area contributed by atoms with Gasteiger partial charge in [-0.15, -0.1) is 0 Å². The number of unbranched alkanes of at least 4 members (excludes halogenated alkanes) is 33. The van der Waals surface area contributed by atoms with E-state index in [-0.39, 0.29) is 12.3 Å². The minimum absolute atomic E-state index is 0.214. The Morgan fingerprint density at radius 2 is 0.779 bits per heavy atom. The maximum atomic E-state index is 13.5. The van der Waals surface area contributed by atoms with Crippen LogP contribution in [0, 0.1) is 0 Å². The Bertz CT molecular complexity index is 1970. The summed E-state index contributed by atoms with van der Waals surface area (Å²) in [7, 11) is 0. The molecular weight excluding hydrogens is 1240 g/mol. The lowest BCUT2D eigenvalue weighted by atomic mass is 9.94. The van der Waals surface area contributed by atoms with E-state index < -0.39 is 174 Å². The molecular formula is C70H130N2O23. The molecule has 558 valence electrons. The van der Waals surface area contributed by atoms with E-state index in [1.54, 1.807) is 6.08 Å². The molecule has 0 aromatic carbocycles. The van der Waals surface area contributed by atoms with Gasteiger partial charge < -0.3 is 115 Å². The van der Waals surface area contributed by atoms with E-state index in [9.17, 15) is 76.0 Å². The van der Waals surface area contributed by atoms with Crippen LogP contribution in [0.25, 0.3) is 0 Å². The number of hydrogen-bond donors (Lipinski definition) is 15. The molecule has 0 aromatic heterocycles. The zero-order valence-corrected chi connectivity index (χ0v) is 57.7. The van der Waals surface area contributed by atoms with Crippen molar-refractivity contribution < 1.29 is 114 Å². The largest absolute Gasteiger partial charge is 0.394 e. The van der Waals surface area contributed by atoms with Gasteiger partial charge in [-0.3, -0.25) is 9.59 Å². The second kappa shape index (κ2) is 50.2. The van der Waals surface area contributed by atoms with Crippen LogP contribution in [0.2, 0.25) is 0 Å². The van der Waals surface area contributed by atoms with E-state index in [0.29, 0.717) is 12.8 Å². The number of rotatable bonds is 53.